The number of hydrogen-bond acceptors (Lipinski definition) is 7. The van der Waals surface area contributed by atoms with Crippen molar-refractivity contribution in [1.29, 1.82) is 0 Å². The molecule has 3 aromatic carbocycles. The number of urea groups is 1. The number of alkyl halides is 3. The third-order valence-electron chi connectivity index (χ3n) is 9.06. The van der Waals surface area contributed by atoms with E-state index < -0.39 is 46.6 Å². The minimum Gasteiger partial charge on any atom is -0.322 e. The van der Waals surface area contributed by atoms with Crippen molar-refractivity contribution in [2.45, 2.75) is 41.6 Å². The number of nitrogens with zero attached hydrogens (tertiary/aromatic N) is 3. The van der Waals surface area contributed by atoms with Crippen molar-refractivity contribution < 1.29 is 32.3 Å². The van der Waals surface area contributed by atoms with Crippen LogP contribution in [0.5, 0.6) is 0 Å². The van der Waals surface area contributed by atoms with Crippen molar-refractivity contribution in [3.05, 3.63) is 142 Å². The van der Waals surface area contributed by atoms with E-state index in [4.69, 9.17) is 23.2 Å². The molecule has 0 radical (unpaired) electrons. The molecule has 1 aliphatic heterocycles. The highest BCUT2D eigenvalue weighted by atomic mass is 35.5. The Bertz CT molecular complexity index is 2150. The van der Waals surface area contributed by atoms with Gasteiger partial charge < -0.3 is 16.0 Å². The van der Waals surface area contributed by atoms with E-state index in [1.165, 1.54) is 36.7 Å². The van der Waals surface area contributed by atoms with E-state index in [0.29, 0.717) is 11.1 Å². The fraction of sp³-hybridized carbons (Fsp3) is 0.158. The van der Waals surface area contributed by atoms with Gasteiger partial charge in [-0.05, 0) is 95.7 Å². The first-order valence-corrected chi connectivity index (χ1v) is 17.8. The summed E-state index contributed by atoms with van der Waals surface area (Å²) in [5.74, 6) is -3.08. The number of halogens is 5. The Morgan fingerprint density at radius 2 is 1.22 bits per heavy atom. The summed E-state index contributed by atoms with van der Waals surface area (Å²) >= 11 is 12.1. The highest BCUT2D eigenvalue weighted by Gasteiger charge is 2.58. The largest absolute Gasteiger partial charge is 0.446 e. The van der Waals surface area contributed by atoms with Crippen LogP contribution < -0.4 is 20.9 Å². The summed E-state index contributed by atoms with van der Waals surface area (Å²) in [7, 11) is 0. The van der Waals surface area contributed by atoms with Crippen molar-refractivity contribution in [1.82, 2.24) is 15.3 Å². The quantitative estimate of drug-likeness (QED) is 0.0949. The second-order valence-corrected chi connectivity index (χ2v) is 14.2. The monoisotopic (exact) mass is 792 g/mol. The van der Waals surface area contributed by atoms with Crippen LogP contribution in [0, 0.1) is 0 Å². The number of carbonyl (C=O) groups is 4. The van der Waals surface area contributed by atoms with Gasteiger partial charge >= 0.3 is 11.5 Å². The Balaban J connectivity index is 1.38. The maximum atomic E-state index is 14.8. The van der Waals surface area contributed by atoms with Crippen LogP contribution in [-0.2, 0) is 4.79 Å². The Kier molecular flexibility index (Phi) is 11.0. The molecule has 276 valence electrons. The van der Waals surface area contributed by atoms with E-state index in [-0.39, 0.29) is 55.2 Å². The zero-order chi connectivity index (χ0) is 38.8. The fourth-order valence-electron chi connectivity index (χ4n) is 6.31. The average Bonchev–Trinajstić information content (AvgIpc) is 3.41. The summed E-state index contributed by atoms with van der Waals surface area (Å²) < 4.78 is 39.1. The zero-order valence-electron chi connectivity index (χ0n) is 28.3. The lowest BCUT2D eigenvalue weighted by Crippen LogP contribution is -2.55. The smallest absolute Gasteiger partial charge is 0.322 e. The minimum absolute atomic E-state index is 0.0511. The molecule has 1 fully saturated rings. The summed E-state index contributed by atoms with van der Waals surface area (Å²) in [6, 6.07) is 23.4. The lowest BCUT2D eigenvalue weighted by molar-refractivity contribution is -0.123. The Morgan fingerprint density at radius 1 is 0.759 bits per heavy atom. The highest BCUT2D eigenvalue weighted by Crippen LogP contribution is 2.46. The van der Waals surface area contributed by atoms with E-state index in [1.807, 2.05) is 0 Å². The van der Waals surface area contributed by atoms with Gasteiger partial charge in [0.1, 0.15) is 17.2 Å². The summed E-state index contributed by atoms with van der Waals surface area (Å²) in [4.78, 5) is 64.1. The van der Waals surface area contributed by atoms with E-state index >= 15 is 0 Å². The number of nitrogens with one attached hydrogen (secondary N) is 3. The SMILES string of the molecule is CC(c1ccnc(NC(=O)c2ccccc2Cl)c1)C1(C(C)c2ccnc(NC(=O)c3ccccc3Cl)c2)NC(=O)N(c2ccc(SC(F)(F)F)cc2)C1=O. The second kappa shape index (κ2) is 15.5. The van der Waals surface area contributed by atoms with E-state index in [2.05, 4.69) is 25.9 Å². The highest BCUT2D eigenvalue weighted by molar-refractivity contribution is 8.00. The molecule has 6 rings (SSSR count). The first-order chi connectivity index (χ1) is 25.7. The number of benzene rings is 3. The molecule has 0 bridgehead atoms. The molecular weight excluding hydrogens is 764 g/mol. The fourth-order valence-corrected chi connectivity index (χ4v) is 7.29. The molecule has 0 spiro atoms. The number of carbonyl (C=O) groups excluding carboxylic acids is 4. The van der Waals surface area contributed by atoms with E-state index in [0.717, 1.165) is 4.90 Å². The summed E-state index contributed by atoms with van der Waals surface area (Å²) in [5.41, 5.74) is -4.78. The van der Waals surface area contributed by atoms with E-state index in [9.17, 15) is 32.3 Å². The summed E-state index contributed by atoms with van der Waals surface area (Å²) in [6.07, 6.45) is 2.88. The van der Waals surface area contributed by atoms with Crippen LogP contribution in [0.1, 0.15) is 57.5 Å². The molecule has 16 heteroatoms. The van der Waals surface area contributed by atoms with Crippen molar-refractivity contribution in [3.63, 3.8) is 0 Å². The van der Waals surface area contributed by atoms with Crippen molar-refractivity contribution in [3.8, 4) is 0 Å². The van der Waals surface area contributed by atoms with E-state index in [1.54, 1.807) is 86.6 Å². The van der Waals surface area contributed by atoms with Gasteiger partial charge in [0.2, 0.25) is 0 Å². The molecule has 2 atom stereocenters. The van der Waals surface area contributed by atoms with Gasteiger partial charge in [-0.25, -0.2) is 19.7 Å². The molecule has 2 aromatic heterocycles. The Morgan fingerprint density at radius 3 is 1.67 bits per heavy atom. The number of anilines is 3. The summed E-state index contributed by atoms with van der Waals surface area (Å²) in [5, 5.41) is 8.81. The van der Waals surface area contributed by atoms with Crippen LogP contribution in [0.2, 0.25) is 10.0 Å². The number of amides is 5. The Labute approximate surface area is 321 Å². The molecule has 5 aromatic rings. The van der Waals surface area contributed by atoms with Crippen LogP contribution >= 0.6 is 35.0 Å². The molecular formula is C38H29Cl2F3N6O4S. The second-order valence-electron chi connectivity index (χ2n) is 12.2. The number of imide groups is 1. The molecule has 0 saturated carbocycles. The van der Waals surface area contributed by atoms with Gasteiger partial charge in [-0.15, -0.1) is 0 Å². The third kappa shape index (κ3) is 7.91. The lowest BCUT2D eigenvalue weighted by atomic mass is 9.70. The van der Waals surface area contributed by atoms with Crippen LogP contribution in [0.4, 0.5) is 35.3 Å². The number of rotatable bonds is 10. The maximum Gasteiger partial charge on any atom is 0.446 e. The van der Waals surface area contributed by atoms with Gasteiger partial charge in [0.25, 0.3) is 17.7 Å². The zero-order valence-corrected chi connectivity index (χ0v) is 30.6. The first kappa shape index (κ1) is 38.3. The van der Waals surface area contributed by atoms with Gasteiger partial charge in [-0.1, -0.05) is 61.3 Å². The molecule has 3 heterocycles. The first-order valence-electron chi connectivity index (χ1n) is 16.2. The molecule has 1 aliphatic rings. The normalized spacial score (nSPS) is 16.8. The molecule has 0 aliphatic carbocycles. The maximum absolute atomic E-state index is 14.8. The average molecular weight is 794 g/mol. The van der Waals surface area contributed by atoms with Gasteiger partial charge in [0.15, 0.2) is 0 Å². The number of pyridine rings is 2. The topological polar surface area (TPSA) is 133 Å². The van der Waals surface area contributed by atoms with Crippen molar-refractivity contribution >= 4 is 76.0 Å². The molecule has 2 unspecified atom stereocenters. The van der Waals surface area contributed by atoms with Gasteiger partial charge in [0, 0.05) is 29.1 Å². The van der Waals surface area contributed by atoms with Gasteiger partial charge in [-0.2, -0.15) is 13.2 Å². The predicted octanol–water partition coefficient (Wildman–Crippen LogP) is 9.30. The van der Waals surface area contributed by atoms with Crippen LogP contribution in [-0.4, -0.2) is 44.8 Å². The molecule has 3 N–H and O–H groups in total. The minimum atomic E-state index is -4.53. The number of aromatic nitrogens is 2. The predicted molar refractivity (Wildman–Crippen MR) is 201 cm³/mol. The molecule has 54 heavy (non-hydrogen) atoms. The third-order valence-corrected chi connectivity index (χ3v) is 10.5. The lowest BCUT2D eigenvalue weighted by Gasteiger charge is -2.39. The number of hydrogen-bond donors (Lipinski definition) is 3. The van der Waals surface area contributed by atoms with Crippen LogP contribution in [0.3, 0.4) is 0 Å². The number of thioether (sulfide) groups is 1. The molecule has 5 amide bonds. The van der Waals surface area contributed by atoms with Crippen LogP contribution in [0.25, 0.3) is 0 Å². The standard InChI is InChI=1S/C38H29Cl2F3N6O4S/c1-21(23-15-17-44-31(19-23)46-33(50)27-7-3-5-9-29(27)39)37(35(52)49(36(53)48-37)25-11-13-26(14-12-25)54-38(41,42)43)22(2)24-16-18-45-32(20-24)47-34(51)28-8-4-6-10-30(28)40/h3-22H,1-2H3,(H,48,53)(H,44,46,50)(H,45,47,51). The van der Waals surface area contributed by atoms with Gasteiger partial charge in [0.05, 0.1) is 26.9 Å². The van der Waals surface area contributed by atoms with Gasteiger partial charge in [-0.3, -0.25) is 14.4 Å². The molecule has 1 saturated heterocycles. The summed E-state index contributed by atoms with van der Waals surface area (Å²) in [6.45, 7) is 3.44. The van der Waals surface area contributed by atoms with Crippen molar-refractivity contribution in [2.75, 3.05) is 15.5 Å². The van der Waals surface area contributed by atoms with Crippen LogP contribution in [0.15, 0.2) is 114 Å². The van der Waals surface area contributed by atoms with Crippen molar-refractivity contribution in [2.24, 2.45) is 0 Å². The molecule has 10 nitrogen and oxygen atoms in total. The Hall–Kier alpha value is -5.44.